The molecule has 5 heteroatoms. The number of amides is 2. The summed E-state index contributed by atoms with van der Waals surface area (Å²) in [7, 11) is 0. The minimum atomic E-state index is 0.0585. The van der Waals surface area contributed by atoms with Gasteiger partial charge in [-0.1, -0.05) is 6.42 Å². The fourth-order valence-corrected chi connectivity index (χ4v) is 2.60. The number of rotatable bonds is 5. The molecule has 17 heavy (non-hydrogen) atoms. The van der Waals surface area contributed by atoms with Crippen molar-refractivity contribution in [3.05, 3.63) is 0 Å². The monoisotopic (exact) mass is 239 g/mol. The minimum Gasteiger partial charge on any atom is -0.354 e. The van der Waals surface area contributed by atoms with Gasteiger partial charge in [0.2, 0.25) is 11.8 Å². The Morgan fingerprint density at radius 3 is 2.76 bits per heavy atom. The van der Waals surface area contributed by atoms with E-state index in [-0.39, 0.29) is 23.3 Å². The molecular formula is C12H21N3O2. The molecule has 1 heterocycles. The number of nitrogens with two attached hydrogens (primary N) is 1. The molecule has 96 valence electrons. The van der Waals surface area contributed by atoms with Crippen molar-refractivity contribution < 1.29 is 9.59 Å². The van der Waals surface area contributed by atoms with Crippen molar-refractivity contribution >= 4 is 11.8 Å². The lowest BCUT2D eigenvalue weighted by atomic mass is 9.66. The highest BCUT2D eigenvalue weighted by atomic mass is 16.2. The number of carbonyl (C=O) groups is 2. The molecule has 2 amide bonds. The van der Waals surface area contributed by atoms with E-state index in [0.717, 1.165) is 19.3 Å². The van der Waals surface area contributed by atoms with E-state index >= 15 is 0 Å². The second-order valence-electron chi connectivity index (χ2n) is 5.34. The fraction of sp³-hybridized carbons (Fsp3) is 0.833. The third kappa shape index (κ3) is 2.97. The number of hydrogen-bond acceptors (Lipinski definition) is 3. The SMILES string of the molecule is NCC1(CC(=O)NCC2CCC(=O)N2)CCC1. The summed E-state index contributed by atoms with van der Waals surface area (Å²) in [5.41, 5.74) is 5.78. The number of carbonyl (C=O) groups excluding carboxylic acids is 2. The number of nitrogens with one attached hydrogen (secondary N) is 2. The van der Waals surface area contributed by atoms with Crippen LogP contribution in [0.1, 0.15) is 38.5 Å². The van der Waals surface area contributed by atoms with Crippen molar-refractivity contribution in [2.45, 2.75) is 44.6 Å². The molecule has 4 N–H and O–H groups in total. The standard InChI is InChI=1S/C12H21N3O2/c13-8-12(4-1-5-12)6-11(17)14-7-9-2-3-10(16)15-9/h9H,1-8,13H2,(H,14,17)(H,15,16). The van der Waals surface area contributed by atoms with E-state index in [1.807, 2.05) is 0 Å². The zero-order valence-electron chi connectivity index (χ0n) is 10.1. The van der Waals surface area contributed by atoms with Gasteiger partial charge >= 0.3 is 0 Å². The zero-order chi connectivity index (χ0) is 12.3. The van der Waals surface area contributed by atoms with Gasteiger partial charge in [0, 0.05) is 25.4 Å². The van der Waals surface area contributed by atoms with Gasteiger partial charge in [-0.25, -0.2) is 0 Å². The average molecular weight is 239 g/mol. The first-order valence-corrected chi connectivity index (χ1v) is 6.40. The molecule has 2 fully saturated rings. The first-order chi connectivity index (χ1) is 8.13. The Kier molecular flexibility index (Phi) is 3.66. The summed E-state index contributed by atoms with van der Waals surface area (Å²) in [6.45, 7) is 1.14. The summed E-state index contributed by atoms with van der Waals surface area (Å²) < 4.78 is 0. The van der Waals surface area contributed by atoms with Crippen molar-refractivity contribution in [3.63, 3.8) is 0 Å². The Labute approximate surface area is 102 Å². The molecule has 5 nitrogen and oxygen atoms in total. The van der Waals surface area contributed by atoms with Crippen LogP contribution in [0.25, 0.3) is 0 Å². The molecule has 1 unspecified atom stereocenters. The van der Waals surface area contributed by atoms with Crippen molar-refractivity contribution in [2.75, 3.05) is 13.1 Å². The Morgan fingerprint density at radius 2 is 2.29 bits per heavy atom. The molecule has 2 aliphatic rings. The van der Waals surface area contributed by atoms with Gasteiger partial charge < -0.3 is 16.4 Å². The molecule has 1 aliphatic heterocycles. The third-order valence-electron chi connectivity index (χ3n) is 4.01. The highest BCUT2D eigenvalue weighted by Crippen LogP contribution is 2.42. The van der Waals surface area contributed by atoms with Crippen molar-refractivity contribution in [2.24, 2.45) is 11.1 Å². The van der Waals surface area contributed by atoms with E-state index < -0.39 is 0 Å². The number of hydrogen-bond donors (Lipinski definition) is 3. The van der Waals surface area contributed by atoms with Gasteiger partial charge in [-0.3, -0.25) is 9.59 Å². The van der Waals surface area contributed by atoms with E-state index in [1.54, 1.807) is 0 Å². The van der Waals surface area contributed by atoms with Crippen LogP contribution in [0.3, 0.4) is 0 Å². The molecule has 2 rings (SSSR count). The second kappa shape index (κ2) is 5.04. The Bertz CT molecular complexity index is 307. The van der Waals surface area contributed by atoms with Gasteiger partial charge in [-0.05, 0) is 31.2 Å². The Hall–Kier alpha value is -1.10. The van der Waals surface area contributed by atoms with Gasteiger partial charge in [-0.15, -0.1) is 0 Å². The first-order valence-electron chi connectivity index (χ1n) is 6.40. The van der Waals surface area contributed by atoms with Crippen LogP contribution >= 0.6 is 0 Å². The Morgan fingerprint density at radius 1 is 1.53 bits per heavy atom. The molecule has 1 saturated carbocycles. The largest absolute Gasteiger partial charge is 0.354 e. The van der Waals surface area contributed by atoms with Gasteiger partial charge in [-0.2, -0.15) is 0 Å². The van der Waals surface area contributed by atoms with Crippen LogP contribution in [0.5, 0.6) is 0 Å². The van der Waals surface area contributed by atoms with Crippen LogP contribution in [0.4, 0.5) is 0 Å². The van der Waals surface area contributed by atoms with Crippen LogP contribution in [0.2, 0.25) is 0 Å². The minimum absolute atomic E-state index is 0.0585. The van der Waals surface area contributed by atoms with Crippen LogP contribution in [-0.2, 0) is 9.59 Å². The topological polar surface area (TPSA) is 84.2 Å². The second-order valence-corrected chi connectivity index (χ2v) is 5.34. The third-order valence-corrected chi connectivity index (χ3v) is 4.01. The van der Waals surface area contributed by atoms with Crippen molar-refractivity contribution in [1.82, 2.24) is 10.6 Å². The molecule has 1 atom stereocenters. The molecule has 0 radical (unpaired) electrons. The van der Waals surface area contributed by atoms with Gasteiger partial charge in [0.25, 0.3) is 0 Å². The molecule has 1 saturated heterocycles. The van der Waals surface area contributed by atoms with Crippen LogP contribution in [-0.4, -0.2) is 30.9 Å². The van der Waals surface area contributed by atoms with E-state index in [1.165, 1.54) is 6.42 Å². The smallest absolute Gasteiger partial charge is 0.220 e. The predicted molar refractivity (Wildman–Crippen MR) is 64.1 cm³/mol. The summed E-state index contributed by atoms with van der Waals surface area (Å²) in [6, 6.07) is 0.113. The Balaban J connectivity index is 1.69. The van der Waals surface area contributed by atoms with E-state index in [0.29, 0.717) is 25.9 Å². The lowest BCUT2D eigenvalue weighted by molar-refractivity contribution is -0.125. The summed E-state index contributed by atoms with van der Waals surface area (Å²) in [5.74, 6) is 0.151. The van der Waals surface area contributed by atoms with E-state index in [2.05, 4.69) is 10.6 Å². The zero-order valence-corrected chi connectivity index (χ0v) is 10.1. The fourth-order valence-electron chi connectivity index (χ4n) is 2.60. The predicted octanol–water partition coefficient (Wildman–Crippen LogP) is -0.0997. The van der Waals surface area contributed by atoms with Crippen LogP contribution in [0.15, 0.2) is 0 Å². The summed E-state index contributed by atoms with van der Waals surface area (Å²) in [4.78, 5) is 22.8. The first kappa shape index (κ1) is 12.4. The van der Waals surface area contributed by atoms with Gasteiger partial charge in [0.1, 0.15) is 0 Å². The maximum Gasteiger partial charge on any atom is 0.220 e. The van der Waals surface area contributed by atoms with Crippen LogP contribution < -0.4 is 16.4 Å². The molecule has 0 aromatic heterocycles. The van der Waals surface area contributed by atoms with Crippen molar-refractivity contribution in [3.8, 4) is 0 Å². The quantitative estimate of drug-likeness (QED) is 0.626. The molecule has 0 spiro atoms. The summed E-state index contributed by atoms with van der Waals surface area (Å²) in [6.07, 6.45) is 5.25. The van der Waals surface area contributed by atoms with Gasteiger partial charge in [0.05, 0.1) is 0 Å². The van der Waals surface area contributed by atoms with E-state index in [4.69, 9.17) is 5.73 Å². The van der Waals surface area contributed by atoms with Crippen LogP contribution in [0, 0.1) is 5.41 Å². The normalized spacial score (nSPS) is 26.2. The summed E-state index contributed by atoms with van der Waals surface area (Å²) in [5, 5.41) is 5.73. The molecule has 0 bridgehead atoms. The summed E-state index contributed by atoms with van der Waals surface area (Å²) >= 11 is 0. The molecule has 1 aliphatic carbocycles. The van der Waals surface area contributed by atoms with E-state index in [9.17, 15) is 9.59 Å². The maximum absolute atomic E-state index is 11.8. The molecule has 0 aromatic rings. The highest BCUT2D eigenvalue weighted by molar-refractivity contribution is 5.79. The van der Waals surface area contributed by atoms with Gasteiger partial charge in [0.15, 0.2) is 0 Å². The average Bonchev–Trinajstić information content (AvgIpc) is 2.67. The highest BCUT2D eigenvalue weighted by Gasteiger charge is 2.37. The van der Waals surface area contributed by atoms with Crippen molar-refractivity contribution in [1.29, 1.82) is 0 Å². The molecular weight excluding hydrogens is 218 g/mol. The lowest BCUT2D eigenvalue weighted by Crippen LogP contribution is -2.44. The molecule has 0 aromatic carbocycles. The lowest BCUT2D eigenvalue weighted by Gasteiger charge is -2.40. The maximum atomic E-state index is 11.8.